The monoisotopic (exact) mass is 278 g/mol. The summed E-state index contributed by atoms with van der Waals surface area (Å²) in [6, 6.07) is 0.223. The molecule has 1 N–H and O–H groups in total. The lowest BCUT2D eigenvalue weighted by atomic mass is 10.2. The lowest BCUT2D eigenvalue weighted by molar-refractivity contribution is 0.218. The average Bonchev–Trinajstić information content (AvgIpc) is 2.76. The van der Waals surface area contributed by atoms with Crippen molar-refractivity contribution in [3.05, 3.63) is 24.0 Å². The first kappa shape index (κ1) is 16.3. The van der Waals surface area contributed by atoms with Gasteiger partial charge < -0.3 is 10.2 Å². The quantitative estimate of drug-likeness (QED) is 0.808. The highest BCUT2D eigenvalue weighted by Crippen LogP contribution is 2.20. The summed E-state index contributed by atoms with van der Waals surface area (Å²) in [6.45, 7) is 15.2. The standard InChI is InChI=1S/C15H26N4O/c1-7-12(5)19-13(6)14(9-16-19)17-15(20)18(8-2)10-11(3)4/h9,12H,3,7-8,10H2,1-2,4-6H3,(H,17,20). The van der Waals surface area contributed by atoms with Gasteiger partial charge in [-0.05, 0) is 34.1 Å². The Balaban J connectivity index is 2.80. The number of amides is 2. The molecule has 0 saturated carbocycles. The molecule has 0 aliphatic heterocycles. The molecule has 1 aromatic rings. The second kappa shape index (κ2) is 7.12. The Morgan fingerprint density at radius 3 is 2.70 bits per heavy atom. The molecule has 1 rings (SSSR count). The zero-order valence-corrected chi connectivity index (χ0v) is 13.2. The zero-order chi connectivity index (χ0) is 15.3. The highest BCUT2D eigenvalue weighted by atomic mass is 16.2. The molecule has 1 unspecified atom stereocenters. The van der Waals surface area contributed by atoms with Crippen LogP contribution in [0.3, 0.4) is 0 Å². The molecule has 0 aliphatic rings. The zero-order valence-electron chi connectivity index (χ0n) is 13.2. The molecule has 20 heavy (non-hydrogen) atoms. The number of likely N-dealkylation sites (N-methyl/N-ethyl adjacent to an activating group) is 1. The number of carbonyl (C=O) groups is 1. The molecule has 0 saturated heterocycles. The second-order valence-electron chi connectivity index (χ2n) is 5.25. The summed E-state index contributed by atoms with van der Waals surface area (Å²) in [5.74, 6) is 0. The maximum atomic E-state index is 12.2. The first-order valence-electron chi connectivity index (χ1n) is 7.15. The number of anilines is 1. The Labute approximate surface area is 121 Å². The van der Waals surface area contributed by atoms with Crippen molar-refractivity contribution in [2.24, 2.45) is 0 Å². The number of hydrogen-bond donors (Lipinski definition) is 1. The third kappa shape index (κ3) is 3.85. The minimum absolute atomic E-state index is 0.109. The Morgan fingerprint density at radius 1 is 1.55 bits per heavy atom. The number of hydrogen-bond acceptors (Lipinski definition) is 2. The minimum atomic E-state index is -0.109. The van der Waals surface area contributed by atoms with Gasteiger partial charge in [-0.1, -0.05) is 19.1 Å². The van der Waals surface area contributed by atoms with Crippen LogP contribution in [0.4, 0.5) is 10.5 Å². The molecule has 0 aromatic carbocycles. The van der Waals surface area contributed by atoms with E-state index in [0.717, 1.165) is 23.4 Å². The van der Waals surface area contributed by atoms with Crippen molar-refractivity contribution < 1.29 is 4.79 Å². The number of aromatic nitrogens is 2. The third-order valence-electron chi connectivity index (χ3n) is 3.42. The molecule has 5 heteroatoms. The molecular formula is C15H26N4O. The number of nitrogens with one attached hydrogen (secondary N) is 1. The molecule has 0 spiro atoms. The molecule has 0 fully saturated rings. The first-order valence-corrected chi connectivity index (χ1v) is 7.15. The van der Waals surface area contributed by atoms with Gasteiger partial charge in [0, 0.05) is 19.1 Å². The lowest BCUT2D eigenvalue weighted by Gasteiger charge is -2.21. The van der Waals surface area contributed by atoms with Crippen LogP contribution in [0, 0.1) is 6.92 Å². The molecule has 112 valence electrons. The average molecular weight is 278 g/mol. The van der Waals surface area contributed by atoms with Crippen molar-refractivity contribution in [3.63, 3.8) is 0 Å². The summed E-state index contributed by atoms with van der Waals surface area (Å²) in [5.41, 5.74) is 2.73. The molecule has 1 heterocycles. The molecule has 5 nitrogen and oxygen atoms in total. The molecule has 1 aromatic heterocycles. The molecule has 0 bridgehead atoms. The Kier molecular flexibility index (Phi) is 5.80. The Morgan fingerprint density at radius 2 is 2.20 bits per heavy atom. The SMILES string of the molecule is C=C(C)CN(CC)C(=O)Nc1cnn(C(C)CC)c1C. The van der Waals surface area contributed by atoms with E-state index in [0.29, 0.717) is 19.1 Å². The van der Waals surface area contributed by atoms with Crippen LogP contribution >= 0.6 is 0 Å². The smallest absolute Gasteiger partial charge is 0.321 e. The number of nitrogens with zero attached hydrogens (tertiary/aromatic N) is 3. The summed E-state index contributed by atoms with van der Waals surface area (Å²) in [7, 11) is 0. The van der Waals surface area contributed by atoms with Crippen molar-refractivity contribution in [3.8, 4) is 0 Å². The second-order valence-corrected chi connectivity index (χ2v) is 5.25. The predicted octanol–water partition coefficient (Wildman–Crippen LogP) is 3.59. The van der Waals surface area contributed by atoms with Crippen LogP contribution in [0.2, 0.25) is 0 Å². The van der Waals surface area contributed by atoms with E-state index < -0.39 is 0 Å². The van der Waals surface area contributed by atoms with Crippen molar-refractivity contribution in [2.75, 3.05) is 18.4 Å². The van der Waals surface area contributed by atoms with Gasteiger partial charge in [0.2, 0.25) is 0 Å². The van der Waals surface area contributed by atoms with Gasteiger partial charge in [0.05, 0.1) is 17.6 Å². The van der Waals surface area contributed by atoms with E-state index in [4.69, 9.17) is 0 Å². The third-order valence-corrected chi connectivity index (χ3v) is 3.42. The van der Waals surface area contributed by atoms with Crippen LogP contribution in [-0.4, -0.2) is 33.8 Å². The number of rotatable bonds is 6. The van der Waals surface area contributed by atoms with Gasteiger partial charge in [0.25, 0.3) is 0 Å². The van der Waals surface area contributed by atoms with Crippen LogP contribution in [0.25, 0.3) is 0 Å². The fraction of sp³-hybridized carbons (Fsp3) is 0.600. The highest BCUT2D eigenvalue weighted by Gasteiger charge is 2.16. The largest absolute Gasteiger partial charge is 0.322 e. The summed E-state index contributed by atoms with van der Waals surface area (Å²) >= 11 is 0. The van der Waals surface area contributed by atoms with Crippen LogP contribution in [0.15, 0.2) is 18.3 Å². The van der Waals surface area contributed by atoms with Gasteiger partial charge in [-0.2, -0.15) is 5.10 Å². The van der Waals surface area contributed by atoms with Crippen LogP contribution in [0.5, 0.6) is 0 Å². The van der Waals surface area contributed by atoms with E-state index in [1.165, 1.54) is 0 Å². The van der Waals surface area contributed by atoms with Gasteiger partial charge in [-0.15, -0.1) is 0 Å². The fourth-order valence-electron chi connectivity index (χ4n) is 2.01. The van der Waals surface area contributed by atoms with Crippen molar-refractivity contribution in [2.45, 2.75) is 47.1 Å². The maximum absolute atomic E-state index is 12.2. The topological polar surface area (TPSA) is 50.2 Å². The fourth-order valence-corrected chi connectivity index (χ4v) is 2.01. The predicted molar refractivity (Wildman–Crippen MR) is 83.0 cm³/mol. The van der Waals surface area contributed by atoms with Crippen molar-refractivity contribution in [1.82, 2.24) is 14.7 Å². The molecule has 0 radical (unpaired) electrons. The summed E-state index contributed by atoms with van der Waals surface area (Å²) in [4.78, 5) is 13.9. The maximum Gasteiger partial charge on any atom is 0.322 e. The van der Waals surface area contributed by atoms with E-state index >= 15 is 0 Å². The highest BCUT2D eigenvalue weighted by molar-refractivity contribution is 5.89. The van der Waals surface area contributed by atoms with E-state index in [2.05, 4.69) is 30.8 Å². The number of carbonyl (C=O) groups excluding carboxylic acids is 1. The molecule has 2 amide bonds. The first-order chi connectivity index (χ1) is 9.40. The van der Waals surface area contributed by atoms with E-state index in [1.54, 1.807) is 11.1 Å². The Bertz CT molecular complexity index is 478. The summed E-state index contributed by atoms with van der Waals surface area (Å²) in [6.07, 6.45) is 2.72. The summed E-state index contributed by atoms with van der Waals surface area (Å²) in [5, 5.41) is 7.28. The molecule has 1 atom stereocenters. The van der Waals surface area contributed by atoms with Gasteiger partial charge in [0.15, 0.2) is 0 Å². The Hall–Kier alpha value is -1.78. The lowest BCUT2D eigenvalue weighted by Crippen LogP contribution is -2.36. The normalized spacial score (nSPS) is 12.1. The van der Waals surface area contributed by atoms with Crippen LogP contribution < -0.4 is 5.32 Å². The van der Waals surface area contributed by atoms with Crippen LogP contribution in [-0.2, 0) is 0 Å². The van der Waals surface area contributed by atoms with Gasteiger partial charge >= 0.3 is 6.03 Å². The minimum Gasteiger partial charge on any atom is -0.321 e. The van der Waals surface area contributed by atoms with Crippen LogP contribution in [0.1, 0.15) is 45.9 Å². The van der Waals surface area contributed by atoms with Gasteiger partial charge in [-0.25, -0.2) is 4.79 Å². The van der Waals surface area contributed by atoms with Crippen molar-refractivity contribution >= 4 is 11.7 Å². The summed E-state index contributed by atoms with van der Waals surface area (Å²) < 4.78 is 1.95. The van der Waals surface area contributed by atoms with E-state index in [9.17, 15) is 4.79 Å². The van der Waals surface area contributed by atoms with Gasteiger partial charge in [-0.3, -0.25) is 4.68 Å². The molecule has 0 aliphatic carbocycles. The molecular weight excluding hydrogens is 252 g/mol. The number of urea groups is 1. The van der Waals surface area contributed by atoms with E-state index in [-0.39, 0.29) is 6.03 Å². The van der Waals surface area contributed by atoms with Crippen molar-refractivity contribution in [1.29, 1.82) is 0 Å². The van der Waals surface area contributed by atoms with Gasteiger partial charge in [0.1, 0.15) is 0 Å². The van der Waals surface area contributed by atoms with E-state index in [1.807, 2.05) is 25.5 Å².